The summed E-state index contributed by atoms with van der Waals surface area (Å²) in [4.78, 5) is 32.7. The smallest absolute Gasteiger partial charge is 0.249 e. The Hall–Kier alpha value is -2.90. The number of nitrogens with zero attached hydrogens (tertiary/aromatic N) is 2. The lowest BCUT2D eigenvalue weighted by atomic mass is 10.00. The number of nitrogens with one attached hydrogen (secondary N) is 1. The molecule has 6 nitrogen and oxygen atoms in total. The van der Waals surface area contributed by atoms with Gasteiger partial charge in [0.05, 0.1) is 18.5 Å². The monoisotopic (exact) mass is 441 g/mol. The molecule has 0 spiro atoms. The van der Waals surface area contributed by atoms with Crippen LogP contribution in [0.3, 0.4) is 0 Å². The van der Waals surface area contributed by atoms with E-state index in [-0.39, 0.29) is 31.4 Å². The Kier molecular flexibility index (Phi) is 5.74. The quantitative estimate of drug-likeness (QED) is 0.647. The first-order chi connectivity index (χ1) is 14.4. The number of benzene rings is 1. The number of halogens is 1. The Balaban J connectivity index is 1.64. The fraction of sp³-hybridized carbons (Fsp3) is 0.227. The first-order valence-corrected chi connectivity index (χ1v) is 10.6. The van der Waals surface area contributed by atoms with E-state index >= 15 is 0 Å². The molecule has 0 aliphatic carbocycles. The number of rotatable bonds is 5. The summed E-state index contributed by atoms with van der Waals surface area (Å²) < 4.78 is 5.24. The number of carbonyl (C=O) groups excluding carboxylic acids is 2. The minimum atomic E-state index is -0.260. The molecule has 3 heterocycles. The zero-order valence-electron chi connectivity index (χ0n) is 16.6. The molecule has 30 heavy (non-hydrogen) atoms. The minimum Gasteiger partial charge on any atom is -0.467 e. The molecule has 0 radical (unpaired) electrons. The van der Waals surface area contributed by atoms with Crippen molar-refractivity contribution in [2.75, 3.05) is 18.0 Å². The Morgan fingerprint density at radius 1 is 1.27 bits per heavy atom. The molecule has 0 bridgehead atoms. The largest absolute Gasteiger partial charge is 0.467 e. The molecule has 154 valence electrons. The van der Waals surface area contributed by atoms with Crippen LogP contribution in [0.1, 0.15) is 27.3 Å². The molecule has 0 unspecified atom stereocenters. The van der Waals surface area contributed by atoms with Gasteiger partial charge in [-0.2, -0.15) is 0 Å². The predicted octanol–water partition coefficient (Wildman–Crippen LogP) is 4.11. The van der Waals surface area contributed by atoms with Crippen LogP contribution in [0.15, 0.2) is 52.1 Å². The van der Waals surface area contributed by atoms with Crippen molar-refractivity contribution in [1.29, 1.82) is 0 Å². The number of anilines is 1. The molecule has 1 aliphatic rings. The van der Waals surface area contributed by atoms with Crippen molar-refractivity contribution in [3.63, 3.8) is 0 Å². The molecule has 0 fully saturated rings. The second kappa shape index (κ2) is 8.45. The first kappa shape index (κ1) is 20.4. The Bertz CT molecular complexity index is 1120. The molecule has 1 aliphatic heterocycles. The summed E-state index contributed by atoms with van der Waals surface area (Å²) in [5.41, 5.74) is 3.58. The van der Waals surface area contributed by atoms with Gasteiger partial charge in [-0.25, -0.2) is 0 Å². The van der Waals surface area contributed by atoms with Crippen molar-refractivity contribution in [2.24, 2.45) is 4.99 Å². The lowest BCUT2D eigenvalue weighted by Gasteiger charge is -2.20. The number of hydrogen-bond acceptors (Lipinski definition) is 5. The van der Waals surface area contributed by atoms with Gasteiger partial charge in [0.2, 0.25) is 11.8 Å². The van der Waals surface area contributed by atoms with Gasteiger partial charge in [0.25, 0.3) is 0 Å². The number of fused-ring (bicyclic) bond motifs is 1. The fourth-order valence-corrected chi connectivity index (χ4v) is 4.60. The van der Waals surface area contributed by atoms with Crippen molar-refractivity contribution in [3.05, 3.63) is 75.0 Å². The predicted molar refractivity (Wildman–Crippen MR) is 119 cm³/mol. The number of thiophene rings is 1. The second-order valence-electron chi connectivity index (χ2n) is 6.97. The SMILES string of the molecule is Cc1sc2c(c1C)C(c1ccc(Cl)cc1)=NCC(=O)N2CC(=O)NCc1ccco1. The molecular weight excluding hydrogens is 422 g/mol. The van der Waals surface area contributed by atoms with Crippen LogP contribution >= 0.6 is 22.9 Å². The Labute approximate surface area is 183 Å². The zero-order valence-corrected chi connectivity index (χ0v) is 18.1. The van der Waals surface area contributed by atoms with Gasteiger partial charge >= 0.3 is 0 Å². The lowest BCUT2D eigenvalue weighted by Crippen LogP contribution is -2.41. The van der Waals surface area contributed by atoms with Crippen molar-refractivity contribution in [2.45, 2.75) is 20.4 Å². The van der Waals surface area contributed by atoms with Gasteiger partial charge in [-0.3, -0.25) is 19.5 Å². The summed E-state index contributed by atoms with van der Waals surface area (Å²) in [6.45, 7) is 4.20. The first-order valence-electron chi connectivity index (χ1n) is 9.44. The Morgan fingerprint density at radius 3 is 2.73 bits per heavy atom. The average molecular weight is 442 g/mol. The number of aryl methyl sites for hydroxylation is 1. The van der Waals surface area contributed by atoms with Crippen molar-refractivity contribution >= 4 is 45.5 Å². The van der Waals surface area contributed by atoms with E-state index in [0.29, 0.717) is 10.8 Å². The van der Waals surface area contributed by atoms with Crippen molar-refractivity contribution in [3.8, 4) is 0 Å². The zero-order chi connectivity index (χ0) is 21.3. The van der Waals surface area contributed by atoms with Crippen LogP contribution in [0, 0.1) is 13.8 Å². The molecular formula is C22H20ClN3O3S. The summed E-state index contributed by atoms with van der Waals surface area (Å²) >= 11 is 7.54. The van der Waals surface area contributed by atoms with Gasteiger partial charge in [-0.05, 0) is 43.7 Å². The maximum absolute atomic E-state index is 12.9. The van der Waals surface area contributed by atoms with Gasteiger partial charge in [-0.15, -0.1) is 11.3 Å². The number of amides is 2. The van der Waals surface area contributed by atoms with Crippen LogP contribution in [-0.2, 0) is 16.1 Å². The molecule has 2 aromatic heterocycles. The number of hydrogen-bond donors (Lipinski definition) is 1. The molecule has 0 atom stereocenters. The van der Waals surface area contributed by atoms with Crippen molar-refractivity contribution < 1.29 is 14.0 Å². The summed E-state index contributed by atoms with van der Waals surface area (Å²) in [6.07, 6.45) is 1.55. The highest BCUT2D eigenvalue weighted by Crippen LogP contribution is 2.38. The molecule has 3 aromatic rings. The van der Waals surface area contributed by atoms with Crippen LogP contribution in [0.2, 0.25) is 5.02 Å². The maximum Gasteiger partial charge on any atom is 0.249 e. The average Bonchev–Trinajstić information content (AvgIpc) is 3.32. The normalized spacial score (nSPS) is 13.6. The van der Waals surface area contributed by atoms with E-state index in [1.807, 2.05) is 26.0 Å². The maximum atomic E-state index is 12.9. The second-order valence-corrected chi connectivity index (χ2v) is 8.61. The number of furan rings is 1. The fourth-order valence-electron chi connectivity index (χ4n) is 3.30. The van der Waals surface area contributed by atoms with Gasteiger partial charge in [0.15, 0.2) is 0 Å². The van der Waals surface area contributed by atoms with E-state index in [4.69, 9.17) is 16.0 Å². The van der Waals surface area contributed by atoms with Crippen LogP contribution < -0.4 is 10.2 Å². The number of carbonyl (C=O) groups is 2. The molecule has 2 amide bonds. The van der Waals surface area contributed by atoms with E-state index in [0.717, 1.165) is 32.3 Å². The third-order valence-electron chi connectivity index (χ3n) is 4.98. The topological polar surface area (TPSA) is 74.9 Å². The minimum absolute atomic E-state index is 0.0245. The van der Waals surface area contributed by atoms with E-state index in [2.05, 4.69) is 10.3 Å². The third-order valence-corrected chi connectivity index (χ3v) is 6.46. The molecule has 8 heteroatoms. The van der Waals surface area contributed by atoms with Crippen LogP contribution in [-0.4, -0.2) is 30.6 Å². The highest BCUT2D eigenvalue weighted by Gasteiger charge is 2.30. The summed E-state index contributed by atoms with van der Waals surface area (Å²) in [5, 5.41) is 4.18. The summed E-state index contributed by atoms with van der Waals surface area (Å²) in [6, 6.07) is 11.0. The molecule has 1 N–H and O–H groups in total. The number of aliphatic imine (C=N–C) groups is 1. The third kappa shape index (κ3) is 4.04. The summed E-state index contributed by atoms with van der Waals surface area (Å²) in [5.74, 6) is 0.182. The van der Waals surface area contributed by atoms with Crippen LogP contribution in [0.25, 0.3) is 0 Å². The highest BCUT2D eigenvalue weighted by molar-refractivity contribution is 7.17. The highest BCUT2D eigenvalue weighted by atomic mass is 35.5. The summed E-state index contributed by atoms with van der Waals surface area (Å²) in [7, 11) is 0. The van der Waals surface area contributed by atoms with Gasteiger partial charge < -0.3 is 9.73 Å². The molecule has 1 aromatic carbocycles. The molecule has 0 saturated heterocycles. The van der Waals surface area contributed by atoms with Gasteiger partial charge in [-0.1, -0.05) is 23.7 Å². The van der Waals surface area contributed by atoms with Gasteiger partial charge in [0.1, 0.15) is 23.9 Å². The van der Waals surface area contributed by atoms with E-state index in [1.165, 1.54) is 16.2 Å². The van der Waals surface area contributed by atoms with Gasteiger partial charge in [0, 0.05) is 21.0 Å². The van der Waals surface area contributed by atoms with Crippen molar-refractivity contribution in [1.82, 2.24) is 5.32 Å². The van der Waals surface area contributed by atoms with E-state index < -0.39 is 0 Å². The lowest BCUT2D eigenvalue weighted by molar-refractivity contribution is -0.123. The van der Waals surface area contributed by atoms with Crippen LogP contribution in [0.5, 0.6) is 0 Å². The van der Waals surface area contributed by atoms with E-state index in [1.54, 1.807) is 30.5 Å². The standard InChI is InChI=1S/C22H20ClN3O3S/c1-13-14(2)30-22-20(13)21(15-5-7-16(23)8-6-15)25-11-19(28)26(22)12-18(27)24-10-17-4-3-9-29-17/h3-9H,10-12H2,1-2H3,(H,24,27). The molecule has 0 saturated carbocycles. The van der Waals surface area contributed by atoms with Crippen LogP contribution in [0.4, 0.5) is 5.00 Å². The Morgan fingerprint density at radius 2 is 2.03 bits per heavy atom. The molecule has 4 rings (SSSR count). The van der Waals surface area contributed by atoms with E-state index in [9.17, 15) is 9.59 Å².